The van der Waals surface area contributed by atoms with Crippen LogP contribution in [0, 0.1) is 0 Å². The normalized spacial score (nSPS) is 25.3. The number of nitrogens with zero attached hydrogens (tertiary/aromatic N) is 1. The highest BCUT2D eigenvalue weighted by molar-refractivity contribution is 7.89. The number of amides is 1. The number of rotatable bonds is 4. The van der Waals surface area contributed by atoms with Crippen LogP contribution < -0.4 is 5.32 Å². The molecule has 26 heavy (non-hydrogen) atoms. The zero-order valence-electron chi connectivity index (χ0n) is 14.9. The third-order valence-electron chi connectivity index (χ3n) is 5.92. The van der Waals surface area contributed by atoms with E-state index in [4.69, 9.17) is 4.74 Å². The molecule has 0 saturated carbocycles. The third kappa shape index (κ3) is 3.40. The zero-order valence-corrected chi connectivity index (χ0v) is 15.7. The summed E-state index contributed by atoms with van der Waals surface area (Å²) in [7, 11) is -3.25. The Balaban J connectivity index is 1.29. The lowest BCUT2D eigenvalue weighted by Crippen LogP contribution is -2.50. The van der Waals surface area contributed by atoms with E-state index < -0.39 is 10.0 Å². The molecule has 1 aromatic carbocycles. The number of sulfonamides is 1. The fourth-order valence-corrected chi connectivity index (χ4v) is 6.16. The van der Waals surface area contributed by atoms with Gasteiger partial charge in [0.15, 0.2) is 0 Å². The van der Waals surface area contributed by atoms with Crippen molar-refractivity contribution in [3.05, 3.63) is 35.4 Å². The van der Waals surface area contributed by atoms with Crippen LogP contribution in [-0.2, 0) is 26.0 Å². The second-order valence-electron chi connectivity index (χ2n) is 7.49. The van der Waals surface area contributed by atoms with Gasteiger partial charge in [-0.2, -0.15) is 0 Å². The molecule has 1 unspecified atom stereocenters. The zero-order chi connectivity index (χ0) is 18.1. The number of ether oxygens (including phenoxy) is 1. The van der Waals surface area contributed by atoms with Crippen LogP contribution in [0.3, 0.4) is 0 Å². The number of carbonyl (C=O) groups is 1. The van der Waals surface area contributed by atoms with Gasteiger partial charge in [-0.1, -0.05) is 24.3 Å². The van der Waals surface area contributed by atoms with Crippen molar-refractivity contribution in [2.45, 2.75) is 49.3 Å². The lowest BCUT2D eigenvalue weighted by molar-refractivity contribution is -0.124. The van der Waals surface area contributed by atoms with E-state index in [2.05, 4.69) is 11.4 Å². The summed E-state index contributed by atoms with van der Waals surface area (Å²) in [5.41, 5.74) is 2.38. The summed E-state index contributed by atoms with van der Waals surface area (Å²) < 4.78 is 32.4. The lowest BCUT2D eigenvalue weighted by atomic mass is 9.77. The molecule has 0 radical (unpaired) electrons. The summed E-state index contributed by atoms with van der Waals surface area (Å²) >= 11 is 0. The number of hydrogen-bond donors (Lipinski definition) is 1. The van der Waals surface area contributed by atoms with Gasteiger partial charge in [0.1, 0.15) is 0 Å². The molecule has 3 aliphatic rings. The second-order valence-corrected chi connectivity index (χ2v) is 9.71. The maximum absolute atomic E-state index is 12.8. The summed E-state index contributed by atoms with van der Waals surface area (Å²) in [6, 6.07) is 8.13. The minimum absolute atomic E-state index is 0.0461. The molecule has 2 saturated heterocycles. The van der Waals surface area contributed by atoms with Gasteiger partial charge in [0.05, 0.1) is 11.2 Å². The number of benzene rings is 1. The van der Waals surface area contributed by atoms with Crippen LogP contribution in [0.5, 0.6) is 0 Å². The van der Waals surface area contributed by atoms with E-state index in [0.717, 1.165) is 12.0 Å². The molecule has 2 fully saturated rings. The Morgan fingerprint density at radius 2 is 1.77 bits per heavy atom. The molecule has 1 aliphatic carbocycles. The summed E-state index contributed by atoms with van der Waals surface area (Å²) in [5, 5.41) is 2.82. The van der Waals surface area contributed by atoms with Crippen molar-refractivity contribution in [3.63, 3.8) is 0 Å². The topological polar surface area (TPSA) is 75.7 Å². The first-order valence-electron chi connectivity index (χ1n) is 9.50. The molecule has 1 atom stereocenters. The number of fused-ring (bicyclic) bond motifs is 1. The molecule has 0 bridgehead atoms. The van der Waals surface area contributed by atoms with E-state index in [1.54, 1.807) is 4.31 Å². The Morgan fingerprint density at radius 3 is 2.46 bits per heavy atom. The molecular weight excluding hydrogens is 352 g/mol. The molecule has 1 aromatic rings. The van der Waals surface area contributed by atoms with Gasteiger partial charge >= 0.3 is 0 Å². The van der Waals surface area contributed by atoms with Crippen LogP contribution in [0.1, 0.15) is 42.7 Å². The Bertz CT molecular complexity index is 765. The lowest BCUT2D eigenvalue weighted by Gasteiger charge is -2.36. The molecule has 4 rings (SSSR count). The van der Waals surface area contributed by atoms with Gasteiger partial charge in [0.25, 0.3) is 0 Å². The Kier molecular flexibility index (Phi) is 5.03. The van der Waals surface area contributed by atoms with E-state index >= 15 is 0 Å². The largest absolute Gasteiger partial charge is 0.381 e. The average molecular weight is 378 g/mol. The van der Waals surface area contributed by atoms with E-state index in [9.17, 15) is 13.2 Å². The highest BCUT2D eigenvalue weighted by Crippen LogP contribution is 2.35. The van der Waals surface area contributed by atoms with Gasteiger partial charge in [-0.25, -0.2) is 12.7 Å². The first-order valence-corrected chi connectivity index (χ1v) is 11.0. The molecule has 1 amide bonds. The van der Waals surface area contributed by atoms with Gasteiger partial charge in [-0.05, 0) is 43.2 Å². The Morgan fingerprint density at radius 1 is 1.08 bits per heavy atom. The van der Waals surface area contributed by atoms with Crippen molar-refractivity contribution < 1.29 is 17.9 Å². The molecule has 0 aromatic heterocycles. The van der Waals surface area contributed by atoms with Crippen LogP contribution in [0.4, 0.5) is 0 Å². The van der Waals surface area contributed by atoms with Crippen LogP contribution >= 0.6 is 0 Å². The molecule has 2 heterocycles. The second kappa shape index (κ2) is 7.29. The fourth-order valence-electron chi connectivity index (χ4n) is 4.23. The van der Waals surface area contributed by atoms with Crippen molar-refractivity contribution in [2.75, 3.05) is 26.3 Å². The highest BCUT2D eigenvalue weighted by atomic mass is 32.2. The number of nitrogens with one attached hydrogen (secondary N) is 1. The van der Waals surface area contributed by atoms with Crippen LogP contribution in [-0.4, -0.2) is 56.2 Å². The first kappa shape index (κ1) is 17.9. The van der Waals surface area contributed by atoms with Crippen LogP contribution in [0.25, 0.3) is 0 Å². The molecule has 0 spiro atoms. The van der Waals surface area contributed by atoms with Crippen molar-refractivity contribution >= 4 is 15.9 Å². The van der Waals surface area contributed by atoms with Gasteiger partial charge in [-0.3, -0.25) is 4.79 Å². The Labute approximate surface area is 155 Å². The summed E-state index contributed by atoms with van der Waals surface area (Å²) in [6.45, 7) is 2.04. The van der Waals surface area contributed by atoms with E-state index in [1.807, 2.05) is 18.2 Å². The molecular formula is C19H26N2O4S. The number of hydrogen-bond acceptors (Lipinski definition) is 4. The van der Waals surface area contributed by atoms with Crippen molar-refractivity contribution in [1.29, 1.82) is 0 Å². The van der Waals surface area contributed by atoms with Gasteiger partial charge in [-0.15, -0.1) is 0 Å². The smallest absolute Gasteiger partial charge is 0.228 e. The molecule has 2 aliphatic heterocycles. The molecule has 6 nitrogen and oxygen atoms in total. The van der Waals surface area contributed by atoms with Crippen molar-refractivity contribution in [1.82, 2.24) is 9.62 Å². The van der Waals surface area contributed by atoms with E-state index in [1.165, 1.54) is 5.56 Å². The highest BCUT2D eigenvalue weighted by Gasteiger charge is 2.37. The standard InChI is InChI=1S/C19H26N2O4S/c22-19(18-13-14-3-1-2-4-17(14)18)20-15-5-9-21(10-6-15)26(23,24)16-7-11-25-12-8-16/h1-4,15-16,18H,5-13H2,(H,20,22). The number of piperidine rings is 1. The molecule has 142 valence electrons. The summed E-state index contributed by atoms with van der Waals surface area (Å²) in [4.78, 5) is 12.5. The van der Waals surface area contributed by atoms with Crippen molar-refractivity contribution in [3.8, 4) is 0 Å². The average Bonchev–Trinajstić information content (AvgIpc) is 2.64. The summed E-state index contributed by atoms with van der Waals surface area (Å²) in [6.07, 6.45) is 3.34. The minimum atomic E-state index is -3.25. The Hall–Kier alpha value is -1.44. The first-order chi connectivity index (χ1) is 12.6. The van der Waals surface area contributed by atoms with Gasteiger partial charge in [0.2, 0.25) is 15.9 Å². The maximum atomic E-state index is 12.8. The number of carbonyl (C=O) groups excluding carboxylic acids is 1. The maximum Gasteiger partial charge on any atom is 0.228 e. The van der Waals surface area contributed by atoms with Crippen LogP contribution in [0.15, 0.2) is 24.3 Å². The van der Waals surface area contributed by atoms with Gasteiger partial charge in [0, 0.05) is 32.3 Å². The fraction of sp³-hybridized carbons (Fsp3) is 0.632. The molecule has 7 heteroatoms. The predicted molar refractivity (Wildman–Crippen MR) is 98.4 cm³/mol. The van der Waals surface area contributed by atoms with E-state index in [0.29, 0.717) is 52.0 Å². The van der Waals surface area contributed by atoms with E-state index in [-0.39, 0.29) is 23.1 Å². The quantitative estimate of drug-likeness (QED) is 0.860. The third-order valence-corrected chi connectivity index (χ3v) is 8.32. The summed E-state index contributed by atoms with van der Waals surface area (Å²) in [5.74, 6) is 0.0321. The monoisotopic (exact) mass is 378 g/mol. The molecule has 1 N–H and O–H groups in total. The van der Waals surface area contributed by atoms with Gasteiger partial charge < -0.3 is 10.1 Å². The predicted octanol–water partition coefficient (Wildman–Crippen LogP) is 1.42. The SMILES string of the molecule is O=C(NC1CCN(S(=O)(=O)C2CCOCC2)CC1)C1Cc2ccccc21. The minimum Gasteiger partial charge on any atom is -0.381 e. The van der Waals surface area contributed by atoms with Crippen LogP contribution in [0.2, 0.25) is 0 Å². The van der Waals surface area contributed by atoms with Crippen molar-refractivity contribution in [2.24, 2.45) is 0 Å².